The van der Waals surface area contributed by atoms with Crippen LogP contribution < -0.4 is 4.43 Å². The van der Waals surface area contributed by atoms with Gasteiger partial charge in [0.2, 0.25) is 0 Å². The molecule has 1 aromatic rings. The molecule has 1 heterocycles. The second-order valence-electron chi connectivity index (χ2n) is 9.05. The number of hydrogen-bond donors (Lipinski definition) is 1. The van der Waals surface area contributed by atoms with E-state index in [0.29, 0.717) is 11.3 Å². The second-order valence-corrected chi connectivity index (χ2v) is 14.8. The molecule has 1 N–H and O–H groups in total. The molecule has 9 heteroatoms. The Kier molecular flexibility index (Phi) is 7.82. The summed E-state index contributed by atoms with van der Waals surface area (Å²) in [5.41, 5.74) is -0.216. The fourth-order valence-electron chi connectivity index (χ4n) is 4.64. The van der Waals surface area contributed by atoms with Crippen molar-refractivity contribution in [3.63, 3.8) is 0 Å². The maximum atomic E-state index is 14.9. The number of benzene rings is 1. The zero-order valence-corrected chi connectivity index (χ0v) is 21.2. The van der Waals surface area contributed by atoms with Gasteiger partial charge in [-0.2, -0.15) is 0 Å². The van der Waals surface area contributed by atoms with Crippen LogP contribution in [0.25, 0.3) is 0 Å². The molecule has 0 saturated heterocycles. The molecule has 0 saturated carbocycles. The summed E-state index contributed by atoms with van der Waals surface area (Å²) in [6.07, 6.45) is -1.25. The molecule has 1 aliphatic heterocycles. The molecule has 1 aromatic carbocycles. The molecule has 6 nitrogen and oxygen atoms in total. The van der Waals surface area contributed by atoms with Gasteiger partial charge in [0.1, 0.15) is 11.9 Å². The molecular weight excluding hydrogens is 441 g/mol. The molecule has 0 amide bonds. The normalized spacial score (nSPS) is 20.1. The van der Waals surface area contributed by atoms with Crippen molar-refractivity contribution in [2.75, 3.05) is 7.11 Å². The smallest absolute Gasteiger partial charge is 0.356 e. The summed E-state index contributed by atoms with van der Waals surface area (Å²) in [6.45, 7) is 14.1. The highest BCUT2D eigenvalue weighted by Crippen LogP contribution is 2.44. The third-order valence-corrected chi connectivity index (χ3v) is 12.6. The van der Waals surface area contributed by atoms with Crippen molar-refractivity contribution < 1.29 is 28.3 Å². The fourth-order valence-corrected chi connectivity index (χ4v) is 10.1. The molecule has 2 rings (SSSR count). The summed E-state index contributed by atoms with van der Waals surface area (Å²) < 4.78 is 26.2. The van der Waals surface area contributed by atoms with E-state index in [1.807, 2.05) is 0 Å². The monoisotopic (exact) mass is 473 g/mol. The Labute approximate surface area is 189 Å². The van der Waals surface area contributed by atoms with Crippen LogP contribution in [-0.4, -0.2) is 43.9 Å². The minimum absolute atomic E-state index is 0.0662. The Hall–Kier alpha value is -1.64. The highest BCUT2D eigenvalue weighted by Gasteiger charge is 2.53. The Morgan fingerprint density at radius 3 is 2.19 bits per heavy atom. The number of oxime groups is 1. The first-order chi connectivity index (χ1) is 14.3. The van der Waals surface area contributed by atoms with Gasteiger partial charge >= 0.3 is 5.97 Å². The Morgan fingerprint density at radius 2 is 1.74 bits per heavy atom. The maximum absolute atomic E-state index is 14.9. The first-order valence-electron chi connectivity index (χ1n) is 10.5. The van der Waals surface area contributed by atoms with E-state index in [4.69, 9.17) is 25.6 Å². The summed E-state index contributed by atoms with van der Waals surface area (Å²) in [5, 5.41) is 14.3. The predicted octanol–water partition coefficient (Wildman–Crippen LogP) is 5.45. The number of carbonyl (C=O) groups excluding carboxylic acids is 1. The lowest BCUT2D eigenvalue weighted by Gasteiger charge is -2.42. The summed E-state index contributed by atoms with van der Waals surface area (Å²) in [6, 6.07) is 2.71. The van der Waals surface area contributed by atoms with Crippen LogP contribution >= 0.6 is 11.6 Å². The van der Waals surface area contributed by atoms with E-state index in [1.54, 1.807) is 0 Å². The molecule has 0 aliphatic carbocycles. The van der Waals surface area contributed by atoms with Crippen LogP contribution in [0.4, 0.5) is 4.39 Å². The van der Waals surface area contributed by atoms with E-state index < -0.39 is 31.8 Å². The van der Waals surface area contributed by atoms with Gasteiger partial charge in [0.15, 0.2) is 5.82 Å². The van der Waals surface area contributed by atoms with Gasteiger partial charge in [0.25, 0.3) is 13.9 Å². The molecule has 1 aliphatic rings. The Bertz CT molecular complexity index is 837. The summed E-state index contributed by atoms with van der Waals surface area (Å²) in [4.78, 5) is 17.6. The van der Waals surface area contributed by atoms with Gasteiger partial charge in [0.05, 0.1) is 24.3 Å². The van der Waals surface area contributed by atoms with E-state index in [9.17, 15) is 14.3 Å². The minimum Gasteiger partial charge on any atom is -0.541 e. The lowest BCUT2D eigenvalue weighted by Crippen LogP contribution is -2.51. The lowest BCUT2D eigenvalue weighted by atomic mass is 9.89. The molecule has 0 radical (unpaired) electrons. The number of ether oxygens (including phenoxy) is 1. The number of methoxy groups -OCH3 is 1. The first kappa shape index (κ1) is 25.6. The third kappa shape index (κ3) is 4.47. The van der Waals surface area contributed by atoms with Gasteiger partial charge in [-0.05, 0) is 35.7 Å². The largest absolute Gasteiger partial charge is 0.541 e. The third-order valence-electron chi connectivity index (χ3n) is 6.28. The lowest BCUT2D eigenvalue weighted by molar-refractivity contribution is -0.179. The van der Waals surface area contributed by atoms with Crippen LogP contribution in [0.3, 0.4) is 0 Å². The summed E-state index contributed by atoms with van der Waals surface area (Å²) >= 11 is 6.33. The van der Waals surface area contributed by atoms with E-state index in [2.05, 4.69) is 46.7 Å². The van der Waals surface area contributed by atoms with Crippen LogP contribution in [0.5, 0.6) is 5.75 Å². The Balaban J connectivity index is 2.50. The number of aliphatic hydroxyl groups excluding tert-OH is 1. The van der Waals surface area contributed by atoms with E-state index in [0.717, 1.165) is 0 Å². The molecular formula is C22H33ClFNO5Si. The molecule has 2 unspecified atom stereocenters. The van der Waals surface area contributed by atoms with Gasteiger partial charge in [0, 0.05) is 5.56 Å². The van der Waals surface area contributed by atoms with Gasteiger partial charge < -0.3 is 19.1 Å². The fraction of sp³-hybridized carbons (Fsp3) is 0.636. The SMILES string of the molecule is COC(=O)C1(C(C)O)CC(c2cc(O[Si](C(C)C)(C(C)C)C(C)C)c(F)cc2Cl)=NO1. The van der Waals surface area contributed by atoms with Crippen LogP contribution in [-0.2, 0) is 14.4 Å². The van der Waals surface area contributed by atoms with Crippen LogP contribution in [0.15, 0.2) is 17.3 Å². The zero-order chi connectivity index (χ0) is 23.7. The predicted molar refractivity (Wildman–Crippen MR) is 122 cm³/mol. The van der Waals surface area contributed by atoms with Crippen molar-refractivity contribution in [2.45, 2.75) is 83.2 Å². The Morgan fingerprint density at radius 1 is 1.19 bits per heavy atom. The molecule has 31 heavy (non-hydrogen) atoms. The standard InChI is InChI=1S/C22H33ClFNO5Si/c1-12(2)31(13(3)4,14(5)6)29-20-9-16(17(23)10-18(20)24)19-11-22(15(7)26,30-25-19)21(27)28-8/h9-10,12-15,26H,11H2,1-8H3. The summed E-state index contributed by atoms with van der Waals surface area (Å²) in [7, 11) is -1.21. The number of halogens is 2. The van der Waals surface area contributed by atoms with Gasteiger partial charge in [-0.25, -0.2) is 9.18 Å². The van der Waals surface area contributed by atoms with Gasteiger partial charge in [-0.3, -0.25) is 0 Å². The maximum Gasteiger partial charge on any atom is 0.356 e. The average molecular weight is 474 g/mol. The van der Waals surface area contributed by atoms with Crippen LogP contribution in [0, 0.1) is 5.82 Å². The highest BCUT2D eigenvalue weighted by molar-refractivity contribution is 6.78. The molecule has 0 spiro atoms. The first-order valence-corrected chi connectivity index (χ1v) is 13.0. The second kappa shape index (κ2) is 9.46. The van der Waals surface area contributed by atoms with Gasteiger partial charge in [-0.1, -0.05) is 58.3 Å². The molecule has 0 aromatic heterocycles. The van der Waals surface area contributed by atoms with E-state index in [1.165, 1.54) is 26.2 Å². The van der Waals surface area contributed by atoms with Crippen molar-refractivity contribution in [3.8, 4) is 5.75 Å². The number of aliphatic hydroxyl groups is 1. The van der Waals surface area contributed by atoms with Crippen molar-refractivity contribution in [3.05, 3.63) is 28.5 Å². The van der Waals surface area contributed by atoms with E-state index >= 15 is 0 Å². The topological polar surface area (TPSA) is 77.4 Å². The van der Waals surface area contributed by atoms with Crippen molar-refractivity contribution >= 4 is 31.6 Å². The zero-order valence-electron chi connectivity index (χ0n) is 19.5. The van der Waals surface area contributed by atoms with Crippen molar-refractivity contribution in [1.82, 2.24) is 0 Å². The quantitative estimate of drug-likeness (QED) is 0.401. The molecule has 174 valence electrons. The molecule has 2 atom stereocenters. The number of hydrogen-bond acceptors (Lipinski definition) is 6. The summed E-state index contributed by atoms with van der Waals surface area (Å²) in [5.74, 6) is -1.19. The number of rotatable bonds is 8. The van der Waals surface area contributed by atoms with E-state index in [-0.39, 0.29) is 33.8 Å². The van der Waals surface area contributed by atoms with Crippen LogP contribution in [0.1, 0.15) is 60.5 Å². The average Bonchev–Trinajstić information content (AvgIpc) is 3.12. The number of esters is 1. The molecule has 0 bridgehead atoms. The minimum atomic E-state index is -2.42. The van der Waals surface area contributed by atoms with Gasteiger partial charge in [-0.15, -0.1) is 0 Å². The molecule has 0 fully saturated rings. The number of nitrogens with zero attached hydrogens (tertiary/aromatic N) is 1. The van der Waals surface area contributed by atoms with Crippen molar-refractivity contribution in [1.29, 1.82) is 0 Å². The highest BCUT2D eigenvalue weighted by atomic mass is 35.5. The van der Waals surface area contributed by atoms with Crippen LogP contribution in [0.2, 0.25) is 21.6 Å². The number of carbonyl (C=O) groups is 1. The van der Waals surface area contributed by atoms with Crippen molar-refractivity contribution in [2.24, 2.45) is 5.16 Å².